The first kappa shape index (κ1) is 28.3. The number of hydrogen-bond acceptors (Lipinski definition) is 7. The fourth-order valence-corrected chi connectivity index (χ4v) is 6.37. The quantitative estimate of drug-likeness (QED) is 0.305. The molecule has 214 valence electrons. The highest BCUT2D eigenvalue weighted by Gasteiger charge is 2.41. The Morgan fingerprint density at radius 3 is 2.61 bits per heavy atom. The van der Waals surface area contributed by atoms with Crippen LogP contribution in [0.1, 0.15) is 39.2 Å². The Kier molecular flexibility index (Phi) is 7.83. The van der Waals surface area contributed by atoms with E-state index < -0.39 is 27.8 Å². The summed E-state index contributed by atoms with van der Waals surface area (Å²) in [6, 6.07) is 18.5. The zero-order valence-electron chi connectivity index (χ0n) is 23.1. The lowest BCUT2D eigenvalue weighted by Crippen LogP contribution is -2.45. The maximum atomic E-state index is 13.4. The van der Waals surface area contributed by atoms with Gasteiger partial charge in [-0.25, -0.2) is 13.2 Å². The number of anilines is 1. The van der Waals surface area contributed by atoms with E-state index in [-0.39, 0.29) is 24.1 Å². The largest absolute Gasteiger partial charge is 0.444 e. The van der Waals surface area contributed by atoms with E-state index in [1.807, 2.05) is 18.2 Å². The molecule has 5 rings (SSSR count). The molecule has 2 aromatic heterocycles. The first-order chi connectivity index (χ1) is 19.5. The molecule has 0 saturated carbocycles. The van der Waals surface area contributed by atoms with Crippen LogP contribution in [0.25, 0.3) is 22.2 Å². The van der Waals surface area contributed by atoms with Gasteiger partial charge in [0.15, 0.2) is 0 Å². The van der Waals surface area contributed by atoms with Crippen molar-refractivity contribution in [2.45, 2.75) is 56.9 Å². The molecule has 1 fully saturated rings. The van der Waals surface area contributed by atoms with Gasteiger partial charge in [-0.1, -0.05) is 36.4 Å². The van der Waals surface area contributed by atoms with Crippen LogP contribution in [0.5, 0.6) is 0 Å². The smallest absolute Gasteiger partial charge is 0.412 e. The van der Waals surface area contributed by atoms with E-state index in [9.17, 15) is 18.0 Å². The monoisotopic (exact) mass is 576 g/mol. The lowest BCUT2D eigenvalue weighted by Gasteiger charge is -2.22. The number of hydrogen-bond donors (Lipinski definition) is 2. The number of furan rings is 1. The normalized spacial score (nSPS) is 16.0. The average molecular weight is 577 g/mol. The molecule has 10 nitrogen and oxygen atoms in total. The summed E-state index contributed by atoms with van der Waals surface area (Å²) < 4.78 is 39.0. The summed E-state index contributed by atoms with van der Waals surface area (Å²) in [5, 5.41) is 6.16. The molecule has 41 heavy (non-hydrogen) atoms. The number of benzene rings is 2. The van der Waals surface area contributed by atoms with Gasteiger partial charge in [-0.15, -0.1) is 0 Å². The van der Waals surface area contributed by atoms with Crippen molar-refractivity contribution in [2.75, 3.05) is 11.9 Å². The number of fused-ring (bicyclic) bond motifs is 1. The molecule has 1 atom stereocenters. The summed E-state index contributed by atoms with van der Waals surface area (Å²) in [6.07, 6.45) is 2.02. The van der Waals surface area contributed by atoms with Crippen LogP contribution in [0.4, 0.5) is 10.5 Å². The van der Waals surface area contributed by atoms with Crippen LogP contribution in [0.3, 0.4) is 0 Å². The zero-order valence-corrected chi connectivity index (χ0v) is 23.9. The molecular formula is C30H32N4O6S. The predicted molar refractivity (Wildman–Crippen MR) is 155 cm³/mol. The summed E-state index contributed by atoms with van der Waals surface area (Å²) in [5.41, 5.74) is 2.41. The van der Waals surface area contributed by atoms with E-state index in [2.05, 4.69) is 15.6 Å². The van der Waals surface area contributed by atoms with Gasteiger partial charge in [-0.05, 0) is 63.4 Å². The number of carbonyl (C=O) groups excluding carboxylic acids is 2. The third kappa shape index (κ3) is 6.41. The maximum absolute atomic E-state index is 13.4. The van der Waals surface area contributed by atoms with Gasteiger partial charge in [0.25, 0.3) is 10.0 Å². The van der Waals surface area contributed by atoms with Crippen LogP contribution >= 0.6 is 0 Å². The molecule has 2 amide bonds. The van der Waals surface area contributed by atoms with Gasteiger partial charge in [0.2, 0.25) is 11.0 Å². The van der Waals surface area contributed by atoms with E-state index in [1.165, 1.54) is 10.4 Å². The number of para-hydroxylation sites is 2. The van der Waals surface area contributed by atoms with Crippen molar-refractivity contribution < 1.29 is 27.2 Å². The lowest BCUT2D eigenvalue weighted by atomic mass is 10.1. The molecule has 0 aliphatic carbocycles. The number of sulfonamides is 1. The van der Waals surface area contributed by atoms with Crippen LogP contribution in [0.15, 0.2) is 82.4 Å². The molecule has 11 heteroatoms. The van der Waals surface area contributed by atoms with Gasteiger partial charge in [0, 0.05) is 36.3 Å². The first-order valence-electron chi connectivity index (χ1n) is 13.3. The van der Waals surface area contributed by atoms with Crippen LogP contribution in [0, 0.1) is 0 Å². The standard InChI is InChI=1S/C30H32N4O6S/c1-30(2,3)40-29(36)33-23-11-6-5-10-22(23)24-17-20(14-15-31-24)19-32-28(35)25-12-8-16-34(25)41(37,38)27-18-21-9-4-7-13-26(21)39-27/h4-7,9-11,13-15,17-18,25H,8,12,16,19H2,1-3H3,(H,32,35)(H,33,36)/t25-/m0/s1. The van der Waals surface area contributed by atoms with Crippen LogP contribution < -0.4 is 10.6 Å². The molecule has 0 bridgehead atoms. The Balaban J connectivity index is 1.28. The number of aromatic nitrogens is 1. The van der Waals surface area contributed by atoms with Crippen molar-refractivity contribution in [3.8, 4) is 11.3 Å². The van der Waals surface area contributed by atoms with Crippen LogP contribution in [-0.2, 0) is 26.1 Å². The molecule has 0 spiro atoms. The topological polar surface area (TPSA) is 131 Å². The van der Waals surface area contributed by atoms with Crippen LogP contribution in [-0.4, -0.2) is 47.9 Å². The van der Waals surface area contributed by atoms with Gasteiger partial charge in [-0.2, -0.15) is 4.31 Å². The molecule has 1 aliphatic rings. The first-order valence-corrected chi connectivity index (χ1v) is 14.8. The second-order valence-electron chi connectivity index (χ2n) is 10.8. The highest BCUT2D eigenvalue weighted by Crippen LogP contribution is 2.31. The van der Waals surface area contributed by atoms with Gasteiger partial charge < -0.3 is 14.5 Å². The number of rotatable bonds is 7. The fourth-order valence-electron chi connectivity index (χ4n) is 4.76. The van der Waals surface area contributed by atoms with E-state index in [0.717, 1.165) is 5.56 Å². The summed E-state index contributed by atoms with van der Waals surface area (Å²) in [4.78, 5) is 30.0. The van der Waals surface area contributed by atoms with Crippen LogP contribution in [0.2, 0.25) is 0 Å². The van der Waals surface area contributed by atoms with Gasteiger partial charge >= 0.3 is 6.09 Å². The number of carbonyl (C=O) groups is 2. The minimum atomic E-state index is -4.00. The lowest BCUT2D eigenvalue weighted by molar-refractivity contribution is -0.124. The minimum Gasteiger partial charge on any atom is -0.444 e. The second-order valence-corrected chi connectivity index (χ2v) is 12.6. The summed E-state index contributed by atoms with van der Waals surface area (Å²) in [7, 11) is -4.00. The molecular weight excluding hydrogens is 544 g/mol. The van der Waals surface area contributed by atoms with E-state index in [1.54, 1.807) is 69.4 Å². The second kappa shape index (κ2) is 11.3. The summed E-state index contributed by atoms with van der Waals surface area (Å²) in [5.74, 6) is -0.382. The molecule has 0 radical (unpaired) electrons. The van der Waals surface area contributed by atoms with Gasteiger partial charge in [-0.3, -0.25) is 15.1 Å². The Morgan fingerprint density at radius 1 is 1.07 bits per heavy atom. The van der Waals surface area contributed by atoms with Crippen molar-refractivity contribution in [2.24, 2.45) is 0 Å². The summed E-state index contributed by atoms with van der Waals surface area (Å²) in [6.45, 7) is 5.77. The highest BCUT2D eigenvalue weighted by atomic mass is 32.2. The summed E-state index contributed by atoms with van der Waals surface area (Å²) >= 11 is 0. The number of pyridine rings is 1. The Morgan fingerprint density at radius 2 is 1.83 bits per heavy atom. The Hall–Kier alpha value is -4.22. The minimum absolute atomic E-state index is 0.171. The van der Waals surface area contributed by atoms with Crippen molar-refractivity contribution in [1.82, 2.24) is 14.6 Å². The van der Waals surface area contributed by atoms with Gasteiger partial charge in [0.05, 0.1) is 11.4 Å². The van der Waals surface area contributed by atoms with E-state index in [4.69, 9.17) is 9.15 Å². The van der Waals surface area contributed by atoms with Crippen molar-refractivity contribution >= 4 is 38.7 Å². The molecule has 2 aromatic carbocycles. The van der Waals surface area contributed by atoms with Crippen molar-refractivity contribution in [1.29, 1.82) is 0 Å². The highest BCUT2D eigenvalue weighted by molar-refractivity contribution is 7.89. The van der Waals surface area contributed by atoms with Crippen molar-refractivity contribution in [3.05, 3.63) is 78.5 Å². The number of ether oxygens (including phenoxy) is 1. The Bertz CT molecular complexity index is 1660. The number of amides is 2. The zero-order chi connectivity index (χ0) is 29.2. The molecule has 0 unspecified atom stereocenters. The number of nitrogens with zero attached hydrogens (tertiary/aromatic N) is 2. The average Bonchev–Trinajstić information content (AvgIpc) is 3.60. The number of nitrogens with one attached hydrogen (secondary N) is 2. The van der Waals surface area contributed by atoms with E-state index in [0.29, 0.717) is 40.8 Å². The third-order valence-electron chi connectivity index (χ3n) is 6.60. The molecule has 2 N–H and O–H groups in total. The molecule has 1 saturated heterocycles. The van der Waals surface area contributed by atoms with Gasteiger partial charge in [0.1, 0.15) is 17.2 Å². The Labute approximate surface area is 238 Å². The van der Waals surface area contributed by atoms with Crippen molar-refractivity contribution in [3.63, 3.8) is 0 Å². The molecule has 1 aliphatic heterocycles. The fraction of sp³-hybridized carbons (Fsp3) is 0.300. The predicted octanol–water partition coefficient (Wildman–Crippen LogP) is 5.31. The third-order valence-corrected chi connectivity index (χ3v) is 8.37. The maximum Gasteiger partial charge on any atom is 0.412 e. The van der Waals surface area contributed by atoms with E-state index >= 15 is 0 Å². The molecule has 3 heterocycles. The molecule has 4 aromatic rings. The SMILES string of the molecule is CC(C)(C)OC(=O)Nc1ccccc1-c1cc(CNC(=O)[C@@H]2CCCN2S(=O)(=O)c2cc3ccccc3o2)ccn1.